The Balaban J connectivity index is 1.82. The van der Waals surface area contributed by atoms with Crippen LogP contribution in [0.2, 0.25) is 0 Å². The summed E-state index contributed by atoms with van der Waals surface area (Å²) in [6.45, 7) is 0. The van der Waals surface area contributed by atoms with Crippen molar-refractivity contribution >= 4 is 27.8 Å². The number of oxime groups is 1. The van der Waals surface area contributed by atoms with Crippen LogP contribution < -0.4 is 5.73 Å². The first-order valence-electron chi connectivity index (χ1n) is 9.15. The van der Waals surface area contributed by atoms with E-state index < -0.39 is 0 Å². The molecule has 2 aromatic heterocycles. The Morgan fingerprint density at radius 1 is 0.862 bits per heavy atom. The minimum Gasteiger partial charge on any atom is -0.409 e. The van der Waals surface area contributed by atoms with Gasteiger partial charge in [-0.3, -0.25) is 9.55 Å². The minimum atomic E-state index is 0.0470. The normalized spacial score (nSPS) is 11.9. The molecule has 0 radical (unpaired) electrons. The van der Waals surface area contributed by atoms with Crippen LogP contribution >= 0.6 is 0 Å². The van der Waals surface area contributed by atoms with Crippen LogP contribution in [0.25, 0.3) is 38.8 Å². The molecule has 3 N–H and O–H groups in total. The molecule has 0 unspecified atom stereocenters. The van der Waals surface area contributed by atoms with Crippen LogP contribution in [0, 0.1) is 0 Å². The SMILES string of the molecule is N/C(=N\O)c1ccccc1-n1cnc2cnc3ccc(-c4ccccc4)cc3c21. The number of amidine groups is 1. The number of fused-ring (bicyclic) bond motifs is 3. The number of pyridine rings is 1. The largest absolute Gasteiger partial charge is 0.409 e. The Morgan fingerprint density at radius 3 is 2.48 bits per heavy atom. The maximum atomic E-state index is 9.19. The van der Waals surface area contributed by atoms with Crippen molar-refractivity contribution in [1.82, 2.24) is 14.5 Å². The molecule has 2 heterocycles. The van der Waals surface area contributed by atoms with E-state index in [0.717, 1.165) is 38.8 Å². The standard InChI is InChI=1S/C23H17N5O/c24-23(27-29)17-8-4-5-9-21(17)28-14-26-20-13-25-19-11-10-16(12-18(19)22(20)28)15-6-2-1-3-7-15/h1-14,29H,(H2,24,27). The highest BCUT2D eigenvalue weighted by atomic mass is 16.4. The number of para-hydroxylation sites is 1. The Hall–Kier alpha value is -4.19. The van der Waals surface area contributed by atoms with Gasteiger partial charge in [0.05, 0.1) is 22.9 Å². The summed E-state index contributed by atoms with van der Waals surface area (Å²) in [6, 6.07) is 23.9. The fourth-order valence-electron chi connectivity index (χ4n) is 3.64. The molecule has 0 aliphatic heterocycles. The van der Waals surface area contributed by atoms with Crippen molar-refractivity contribution in [2.24, 2.45) is 10.9 Å². The molecule has 3 aromatic carbocycles. The average molecular weight is 379 g/mol. The van der Waals surface area contributed by atoms with Gasteiger partial charge in [0.1, 0.15) is 11.8 Å². The van der Waals surface area contributed by atoms with E-state index in [-0.39, 0.29) is 5.84 Å². The van der Waals surface area contributed by atoms with Gasteiger partial charge in [0.25, 0.3) is 0 Å². The minimum absolute atomic E-state index is 0.0470. The third-order valence-electron chi connectivity index (χ3n) is 5.03. The zero-order valence-electron chi connectivity index (χ0n) is 15.4. The van der Waals surface area contributed by atoms with Gasteiger partial charge in [-0.2, -0.15) is 0 Å². The molecule has 5 rings (SSSR count). The Bertz CT molecular complexity index is 1370. The fraction of sp³-hybridized carbons (Fsp3) is 0. The summed E-state index contributed by atoms with van der Waals surface area (Å²) in [7, 11) is 0. The van der Waals surface area contributed by atoms with E-state index in [1.807, 2.05) is 53.1 Å². The number of rotatable bonds is 3. The van der Waals surface area contributed by atoms with Crippen LogP contribution in [0.1, 0.15) is 5.56 Å². The number of imidazole rings is 1. The van der Waals surface area contributed by atoms with Gasteiger partial charge < -0.3 is 10.9 Å². The highest BCUT2D eigenvalue weighted by Crippen LogP contribution is 2.30. The molecule has 0 amide bonds. The van der Waals surface area contributed by atoms with Gasteiger partial charge in [0.15, 0.2) is 5.84 Å². The average Bonchev–Trinajstić information content (AvgIpc) is 3.23. The van der Waals surface area contributed by atoms with Crippen LogP contribution in [0.5, 0.6) is 0 Å². The number of hydrogen-bond donors (Lipinski definition) is 2. The van der Waals surface area contributed by atoms with Crippen molar-refractivity contribution in [2.45, 2.75) is 0 Å². The van der Waals surface area contributed by atoms with Gasteiger partial charge in [-0.15, -0.1) is 0 Å². The van der Waals surface area contributed by atoms with E-state index in [0.29, 0.717) is 5.56 Å². The fourth-order valence-corrected chi connectivity index (χ4v) is 3.64. The van der Waals surface area contributed by atoms with Crippen molar-refractivity contribution in [3.8, 4) is 16.8 Å². The number of benzene rings is 3. The van der Waals surface area contributed by atoms with E-state index in [1.54, 1.807) is 12.5 Å². The second kappa shape index (κ2) is 6.76. The third-order valence-corrected chi connectivity index (χ3v) is 5.03. The lowest BCUT2D eigenvalue weighted by atomic mass is 10.0. The predicted molar refractivity (Wildman–Crippen MR) is 114 cm³/mol. The third kappa shape index (κ3) is 2.78. The molecule has 0 saturated carbocycles. The second-order valence-corrected chi connectivity index (χ2v) is 6.71. The van der Waals surface area contributed by atoms with E-state index in [9.17, 15) is 5.21 Å². The van der Waals surface area contributed by atoms with Gasteiger partial charge in [-0.05, 0) is 35.4 Å². The summed E-state index contributed by atoms with van der Waals surface area (Å²) in [6.07, 6.45) is 3.51. The van der Waals surface area contributed by atoms with Gasteiger partial charge in [-0.1, -0.05) is 53.7 Å². The van der Waals surface area contributed by atoms with Gasteiger partial charge >= 0.3 is 0 Å². The van der Waals surface area contributed by atoms with Crippen LogP contribution in [-0.2, 0) is 0 Å². The molecule has 140 valence electrons. The molecule has 5 aromatic rings. The molecule has 6 heteroatoms. The molecule has 6 nitrogen and oxygen atoms in total. The second-order valence-electron chi connectivity index (χ2n) is 6.71. The van der Waals surface area contributed by atoms with Crippen LogP contribution in [0.4, 0.5) is 0 Å². The first-order chi connectivity index (χ1) is 14.3. The van der Waals surface area contributed by atoms with Crippen molar-refractivity contribution in [2.75, 3.05) is 0 Å². The van der Waals surface area contributed by atoms with Crippen molar-refractivity contribution in [3.05, 3.63) is 90.9 Å². The molecule has 0 bridgehead atoms. The topological polar surface area (TPSA) is 89.3 Å². The highest BCUT2D eigenvalue weighted by molar-refractivity contribution is 6.06. The molecule has 0 saturated heterocycles. The van der Waals surface area contributed by atoms with E-state index >= 15 is 0 Å². The monoisotopic (exact) mass is 379 g/mol. The van der Waals surface area contributed by atoms with Crippen LogP contribution in [0.15, 0.2) is 90.5 Å². The van der Waals surface area contributed by atoms with E-state index in [1.165, 1.54) is 0 Å². The summed E-state index contributed by atoms with van der Waals surface area (Å²) >= 11 is 0. The quantitative estimate of drug-likeness (QED) is 0.211. The van der Waals surface area contributed by atoms with Gasteiger partial charge in [0.2, 0.25) is 0 Å². The summed E-state index contributed by atoms with van der Waals surface area (Å²) in [4.78, 5) is 9.09. The Labute approximate surface area is 166 Å². The molecule has 0 spiro atoms. The van der Waals surface area contributed by atoms with E-state index in [4.69, 9.17) is 5.73 Å². The summed E-state index contributed by atoms with van der Waals surface area (Å²) in [5.41, 5.74) is 12.1. The molecular weight excluding hydrogens is 362 g/mol. The smallest absolute Gasteiger partial charge is 0.172 e. The number of nitrogens with zero attached hydrogens (tertiary/aromatic N) is 4. The maximum absolute atomic E-state index is 9.19. The maximum Gasteiger partial charge on any atom is 0.172 e. The number of nitrogens with two attached hydrogens (primary N) is 1. The first-order valence-corrected chi connectivity index (χ1v) is 9.15. The van der Waals surface area contributed by atoms with Crippen molar-refractivity contribution in [3.63, 3.8) is 0 Å². The van der Waals surface area contributed by atoms with Crippen LogP contribution in [0.3, 0.4) is 0 Å². The lowest BCUT2D eigenvalue weighted by Gasteiger charge is -2.12. The lowest BCUT2D eigenvalue weighted by Crippen LogP contribution is -2.16. The predicted octanol–water partition coefficient (Wildman–Crippen LogP) is 4.34. The molecule has 29 heavy (non-hydrogen) atoms. The van der Waals surface area contributed by atoms with Crippen molar-refractivity contribution < 1.29 is 5.21 Å². The summed E-state index contributed by atoms with van der Waals surface area (Å²) in [5.74, 6) is 0.0470. The zero-order valence-corrected chi connectivity index (χ0v) is 15.4. The molecular formula is C23H17N5O. The first kappa shape index (κ1) is 16.9. The lowest BCUT2D eigenvalue weighted by molar-refractivity contribution is 0.318. The Morgan fingerprint density at radius 2 is 1.66 bits per heavy atom. The molecule has 0 aliphatic rings. The molecule has 0 fully saturated rings. The van der Waals surface area contributed by atoms with Gasteiger partial charge in [-0.25, -0.2) is 4.98 Å². The molecule has 0 aliphatic carbocycles. The summed E-state index contributed by atoms with van der Waals surface area (Å²) in [5, 5.41) is 13.3. The van der Waals surface area contributed by atoms with Crippen LogP contribution in [-0.4, -0.2) is 25.6 Å². The zero-order chi connectivity index (χ0) is 19.8. The molecule has 0 atom stereocenters. The number of aromatic nitrogens is 3. The number of hydrogen-bond acceptors (Lipinski definition) is 4. The summed E-state index contributed by atoms with van der Waals surface area (Å²) < 4.78 is 1.96. The van der Waals surface area contributed by atoms with Gasteiger partial charge in [0, 0.05) is 10.9 Å². The van der Waals surface area contributed by atoms with Crippen molar-refractivity contribution in [1.29, 1.82) is 0 Å². The van der Waals surface area contributed by atoms with E-state index in [2.05, 4.69) is 39.4 Å². The Kier molecular flexibility index (Phi) is 3.95. The highest BCUT2D eigenvalue weighted by Gasteiger charge is 2.15.